The van der Waals surface area contributed by atoms with E-state index in [1.165, 1.54) is 0 Å². The largest absolute Gasteiger partial charge is 1.00 e. The number of amides is 2. The van der Waals surface area contributed by atoms with E-state index in [0.29, 0.717) is 0 Å². The van der Waals surface area contributed by atoms with Crippen molar-refractivity contribution in [2.45, 2.75) is 6.92 Å². The molecular weight excluding hydrogens is 176 g/mol. The molecule has 6 heteroatoms. The molecule has 0 aliphatic heterocycles. The Morgan fingerprint density at radius 1 is 1.33 bits per heavy atom. The van der Waals surface area contributed by atoms with Crippen LogP contribution in [0.5, 0.6) is 0 Å². The van der Waals surface area contributed by atoms with Gasteiger partial charge in [0.15, 0.2) is 0 Å². The summed E-state index contributed by atoms with van der Waals surface area (Å²) in [4.78, 5) is 17.9. The average molecular weight is 183 g/mol. The third kappa shape index (κ3) is 366. The molecule has 0 radical (unpaired) electrons. The van der Waals surface area contributed by atoms with Crippen LogP contribution >= 0.6 is 0 Å². The molecule has 0 rings (SSSR count). The van der Waals surface area contributed by atoms with E-state index >= 15 is 0 Å². The van der Waals surface area contributed by atoms with Crippen molar-refractivity contribution < 1.29 is 31.8 Å². The van der Waals surface area contributed by atoms with E-state index in [0.717, 1.165) is 6.92 Å². The molecule has 0 atom stereocenters. The summed E-state index contributed by atoms with van der Waals surface area (Å²) in [6.07, 6.45) is 0. The molecule has 0 aromatic rings. The van der Waals surface area contributed by atoms with Gasteiger partial charge in [-0.1, -0.05) is 0 Å². The van der Waals surface area contributed by atoms with Gasteiger partial charge in [0.2, 0.25) is 0 Å². The van der Waals surface area contributed by atoms with Gasteiger partial charge in [0.25, 0.3) is 0 Å². The fourth-order valence-corrected chi connectivity index (χ4v) is 0. The van der Waals surface area contributed by atoms with Gasteiger partial charge in [-0.05, 0) is 6.92 Å². The number of carboxylic acids is 1. The van der Waals surface area contributed by atoms with Crippen molar-refractivity contribution >= 4 is 12.0 Å². The summed E-state index contributed by atoms with van der Waals surface area (Å²) in [5, 5.41) is 8.89. The third-order valence-electron chi connectivity index (χ3n) is 0. The maximum atomic E-state index is 9.00. The number of rotatable bonds is 0. The number of carbonyl (C=O) groups excluding carboxylic acids is 2. The van der Waals surface area contributed by atoms with Crippen LogP contribution in [0.25, 0.3) is 0 Å². The van der Waals surface area contributed by atoms with Gasteiger partial charge in [-0.25, -0.2) is 4.79 Å². The summed E-state index contributed by atoms with van der Waals surface area (Å²) in [6, 6.07) is -0.833. The molecule has 4 N–H and O–H groups in total. The van der Waals surface area contributed by atoms with Gasteiger partial charge >= 0.3 is 23.1 Å². The predicted molar refractivity (Wildman–Crippen MR) is 24.5 cm³/mol. The second-order valence-electron chi connectivity index (χ2n) is 0.894. The van der Waals surface area contributed by atoms with E-state index in [-0.39, 0.29) is 17.1 Å². The Bertz CT molecular complexity index is 75.1. The fourth-order valence-electron chi connectivity index (χ4n) is 0. The Morgan fingerprint density at radius 3 is 1.33 bits per heavy atom. The molecule has 0 saturated heterocycles. The molecule has 0 spiro atoms. The van der Waals surface area contributed by atoms with Crippen LogP contribution in [0.2, 0.25) is 0 Å². The molecule has 5 nitrogen and oxygen atoms in total. The van der Waals surface area contributed by atoms with Gasteiger partial charge in [-0.2, -0.15) is 0 Å². The van der Waals surface area contributed by atoms with Crippen LogP contribution in [0.15, 0.2) is 0 Å². The fraction of sp³-hybridized carbons (Fsp3) is 0.333. The minimum absolute atomic E-state index is 0. The standard InChI is InChI=1S/C2H4O2.CH4N2O.Cu/c1-2(3)4;2-1(3)4;/h1H3,(H,3,4);(H4,2,3,4);/q;;+1/p-1. The zero-order valence-electron chi connectivity index (χ0n) is 4.68. The van der Waals surface area contributed by atoms with Crippen LogP contribution < -0.4 is 16.6 Å². The number of hydrogen-bond donors (Lipinski definition) is 2. The summed E-state index contributed by atoms with van der Waals surface area (Å²) in [5.74, 6) is -1.08. The Hall–Kier alpha value is -0.741. The van der Waals surface area contributed by atoms with Crippen LogP contribution in [0, 0.1) is 0 Å². The summed E-state index contributed by atoms with van der Waals surface area (Å²) in [6.45, 7) is 0.972. The molecule has 0 aromatic heterocycles. The molecule has 0 unspecified atom stereocenters. The van der Waals surface area contributed by atoms with Gasteiger partial charge in [0.1, 0.15) is 0 Å². The van der Waals surface area contributed by atoms with E-state index in [1.807, 2.05) is 0 Å². The summed E-state index contributed by atoms with van der Waals surface area (Å²) >= 11 is 0. The number of primary amides is 2. The van der Waals surface area contributed by atoms with Crippen molar-refractivity contribution in [3.63, 3.8) is 0 Å². The number of aliphatic carboxylic acids is 1. The van der Waals surface area contributed by atoms with Crippen LogP contribution in [0.3, 0.4) is 0 Å². The van der Waals surface area contributed by atoms with Crippen LogP contribution in [0.1, 0.15) is 6.92 Å². The second-order valence-corrected chi connectivity index (χ2v) is 0.894. The number of carboxylic acid groups (broad SMARTS) is 1. The smallest absolute Gasteiger partial charge is 0.550 e. The molecule has 0 aliphatic carbocycles. The molecule has 0 bridgehead atoms. The number of urea groups is 1. The summed E-state index contributed by atoms with van der Waals surface area (Å²) in [5.41, 5.74) is 8.50. The van der Waals surface area contributed by atoms with Gasteiger partial charge in [-0.15, -0.1) is 0 Å². The Balaban J connectivity index is -0.0000000720. The molecule has 0 heterocycles. The minimum Gasteiger partial charge on any atom is -0.550 e. The first-order chi connectivity index (χ1) is 3.46. The maximum Gasteiger partial charge on any atom is 1.00 e. The first kappa shape index (κ1) is 15.7. The second kappa shape index (κ2) is 10.3. The average Bonchev–Trinajstić information content (AvgIpc) is 1.25. The van der Waals surface area contributed by atoms with Crippen molar-refractivity contribution in [3.05, 3.63) is 0 Å². The van der Waals surface area contributed by atoms with Crippen LogP contribution in [-0.2, 0) is 21.9 Å². The zero-order chi connectivity index (χ0) is 7.15. The van der Waals surface area contributed by atoms with Crippen molar-refractivity contribution in [1.29, 1.82) is 0 Å². The minimum atomic E-state index is -1.08. The first-order valence-electron chi connectivity index (χ1n) is 1.69. The van der Waals surface area contributed by atoms with Gasteiger partial charge < -0.3 is 21.4 Å². The molecule has 2 amide bonds. The molecule has 0 aliphatic rings. The SMILES string of the molecule is CC(=O)[O-].NC(N)=O.[Cu+]. The number of hydrogen-bond acceptors (Lipinski definition) is 3. The van der Waals surface area contributed by atoms with E-state index in [1.54, 1.807) is 0 Å². The normalized spacial score (nSPS) is 5.44. The summed E-state index contributed by atoms with van der Waals surface area (Å²) < 4.78 is 0. The maximum absolute atomic E-state index is 9.00. The van der Waals surface area contributed by atoms with E-state index < -0.39 is 12.0 Å². The van der Waals surface area contributed by atoms with Crippen molar-refractivity contribution in [1.82, 2.24) is 0 Å². The quantitative estimate of drug-likeness (QED) is 0.414. The van der Waals surface area contributed by atoms with Gasteiger partial charge in [0.05, 0.1) is 0 Å². The third-order valence-corrected chi connectivity index (χ3v) is 0. The van der Waals surface area contributed by atoms with E-state index in [4.69, 9.17) is 14.7 Å². The Morgan fingerprint density at radius 2 is 1.33 bits per heavy atom. The van der Waals surface area contributed by atoms with Crippen LogP contribution in [-0.4, -0.2) is 12.0 Å². The first-order valence-corrected chi connectivity index (χ1v) is 1.69. The molecule has 9 heavy (non-hydrogen) atoms. The predicted octanol–water partition coefficient (Wildman–Crippen LogP) is -2.22. The number of nitrogens with two attached hydrogens (primary N) is 2. The van der Waals surface area contributed by atoms with Gasteiger partial charge in [-0.3, -0.25) is 0 Å². The zero-order valence-corrected chi connectivity index (χ0v) is 5.62. The monoisotopic (exact) mass is 182 g/mol. The topological polar surface area (TPSA) is 109 Å². The molecule has 58 valence electrons. The molecule has 0 aromatic carbocycles. The molecule has 0 fully saturated rings. The summed E-state index contributed by atoms with van der Waals surface area (Å²) in [7, 11) is 0. The van der Waals surface area contributed by atoms with Crippen molar-refractivity contribution in [3.8, 4) is 0 Å². The van der Waals surface area contributed by atoms with E-state index in [2.05, 4.69) is 11.5 Å². The van der Waals surface area contributed by atoms with Crippen molar-refractivity contribution in [2.24, 2.45) is 11.5 Å². The number of carbonyl (C=O) groups is 2. The molecular formula is C3H7CuN2O3. The van der Waals surface area contributed by atoms with E-state index in [9.17, 15) is 0 Å². The Kier molecular flexibility index (Phi) is 18.0. The van der Waals surface area contributed by atoms with Crippen LogP contribution in [0.4, 0.5) is 4.79 Å². The Labute approximate surface area is 62.9 Å². The van der Waals surface area contributed by atoms with Gasteiger partial charge in [0, 0.05) is 5.97 Å². The molecule has 0 saturated carbocycles. The van der Waals surface area contributed by atoms with Crippen molar-refractivity contribution in [2.75, 3.05) is 0 Å².